The van der Waals surface area contributed by atoms with Gasteiger partial charge in [-0.05, 0) is 26.7 Å². The van der Waals surface area contributed by atoms with E-state index in [1.807, 2.05) is 6.92 Å². The molecule has 0 atom stereocenters. The summed E-state index contributed by atoms with van der Waals surface area (Å²) in [6.45, 7) is 4.08. The molecule has 110 valence electrons. The summed E-state index contributed by atoms with van der Waals surface area (Å²) in [4.78, 5) is 21.9. The second-order valence-electron chi connectivity index (χ2n) is 5.15. The standard InChI is InChI=1S/C12H18N4O4/c1-3-15-10(9(16(19)20)8(2)14-15)13-7-12(11(17)18)5-4-6-12/h13H,3-7H2,1-2H3,(H,17,18). The van der Waals surface area contributed by atoms with Crippen LogP contribution in [0.5, 0.6) is 0 Å². The average molecular weight is 282 g/mol. The maximum Gasteiger partial charge on any atom is 0.333 e. The first-order chi connectivity index (χ1) is 9.41. The van der Waals surface area contributed by atoms with E-state index in [0.717, 1.165) is 6.42 Å². The van der Waals surface area contributed by atoms with E-state index in [9.17, 15) is 20.0 Å². The number of carbonyl (C=O) groups is 1. The molecular weight excluding hydrogens is 264 g/mol. The highest BCUT2D eigenvalue weighted by atomic mass is 16.6. The van der Waals surface area contributed by atoms with Crippen LogP contribution in [0.15, 0.2) is 0 Å². The molecule has 0 bridgehead atoms. The molecule has 2 rings (SSSR count). The minimum Gasteiger partial charge on any atom is -0.481 e. The molecule has 20 heavy (non-hydrogen) atoms. The number of rotatable bonds is 6. The molecular formula is C12H18N4O4. The normalized spacial score (nSPS) is 16.5. The summed E-state index contributed by atoms with van der Waals surface area (Å²) in [7, 11) is 0. The van der Waals surface area contributed by atoms with E-state index < -0.39 is 16.3 Å². The molecule has 0 radical (unpaired) electrons. The number of aryl methyl sites for hydroxylation is 2. The summed E-state index contributed by atoms with van der Waals surface area (Å²) in [5, 5.41) is 27.4. The minimum atomic E-state index is -0.849. The van der Waals surface area contributed by atoms with Crippen molar-refractivity contribution in [2.45, 2.75) is 39.7 Å². The van der Waals surface area contributed by atoms with Gasteiger partial charge in [0.25, 0.3) is 0 Å². The molecule has 1 aliphatic rings. The summed E-state index contributed by atoms with van der Waals surface area (Å²) in [5.41, 5.74) is -0.547. The average Bonchev–Trinajstić information content (AvgIpc) is 2.63. The van der Waals surface area contributed by atoms with Gasteiger partial charge in [-0.3, -0.25) is 14.9 Å². The Balaban J connectivity index is 2.24. The smallest absolute Gasteiger partial charge is 0.333 e. The van der Waals surface area contributed by atoms with Gasteiger partial charge in [-0.1, -0.05) is 6.42 Å². The van der Waals surface area contributed by atoms with E-state index in [1.54, 1.807) is 6.92 Å². The fourth-order valence-electron chi connectivity index (χ4n) is 2.52. The van der Waals surface area contributed by atoms with Gasteiger partial charge < -0.3 is 10.4 Å². The van der Waals surface area contributed by atoms with Gasteiger partial charge in [-0.2, -0.15) is 5.10 Å². The number of aliphatic carboxylic acids is 1. The highest BCUT2D eigenvalue weighted by Gasteiger charge is 2.44. The minimum absolute atomic E-state index is 0.0771. The molecule has 1 fully saturated rings. The number of hydrogen-bond donors (Lipinski definition) is 2. The van der Waals surface area contributed by atoms with Gasteiger partial charge >= 0.3 is 11.7 Å². The van der Waals surface area contributed by atoms with Crippen molar-refractivity contribution in [3.63, 3.8) is 0 Å². The third-order valence-electron chi connectivity index (χ3n) is 3.94. The summed E-state index contributed by atoms with van der Waals surface area (Å²) >= 11 is 0. The second-order valence-corrected chi connectivity index (χ2v) is 5.15. The third-order valence-corrected chi connectivity index (χ3v) is 3.94. The van der Waals surface area contributed by atoms with E-state index in [0.29, 0.717) is 30.9 Å². The molecule has 1 heterocycles. The summed E-state index contributed by atoms with van der Waals surface area (Å²) < 4.78 is 1.50. The van der Waals surface area contributed by atoms with Gasteiger partial charge in [-0.25, -0.2) is 4.68 Å². The summed E-state index contributed by atoms with van der Waals surface area (Å²) in [6, 6.07) is 0. The van der Waals surface area contributed by atoms with Crippen molar-refractivity contribution in [3.05, 3.63) is 15.8 Å². The van der Waals surface area contributed by atoms with Gasteiger partial charge in [0.2, 0.25) is 5.82 Å². The highest BCUT2D eigenvalue weighted by Crippen LogP contribution is 2.42. The van der Waals surface area contributed by atoms with Crippen LogP contribution in [-0.4, -0.2) is 32.3 Å². The Morgan fingerprint density at radius 2 is 2.25 bits per heavy atom. The molecule has 2 N–H and O–H groups in total. The van der Waals surface area contributed by atoms with Crippen molar-refractivity contribution in [2.24, 2.45) is 5.41 Å². The first-order valence-electron chi connectivity index (χ1n) is 6.60. The Morgan fingerprint density at radius 3 is 2.65 bits per heavy atom. The molecule has 0 aliphatic heterocycles. The lowest BCUT2D eigenvalue weighted by Gasteiger charge is -2.37. The van der Waals surface area contributed by atoms with Crippen molar-refractivity contribution in [3.8, 4) is 0 Å². The van der Waals surface area contributed by atoms with Crippen LogP contribution in [0.2, 0.25) is 0 Å². The lowest BCUT2D eigenvalue weighted by molar-refractivity contribution is -0.384. The molecule has 1 aliphatic carbocycles. The number of carboxylic acid groups (broad SMARTS) is 1. The first kappa shape index (κ1) is 14.3. The maximum absolute atomic E-state index is 11.3. The lowest BCUT2D eigenvalue weighted by atomic mass is 9.69. The predicted molar refractivity (Wildman–Crippen MR) is 71.7 cm³/mol. The van der Waals surface area contributed by atoms with Gasteiger partial charge in [0, 0.05) is 13.1 Å². The summed E-state index contributed by atoms with van der Waals surface area (Å²) in [6.07, 6.45) is 2.08. The maximum atomic E-state index is 11.3. The van der Waals surface area contributed by atoms with E-state index in [1.165, 1.54) is 4.68 Å². The zero-order chi connectivity index (χ0) is 14.9. The number of aromatic nitrogens is 2. The fourth-order valence-corrected chi connectivity index (χ4v) is 2.52. The van der Waals surface area contributed by atoms with Crippen LogP contribution < -0.4 is 5.32 Å². The van der Waals surface area contributed by atoms with Crippen LogP contribution in [-0.2, 0) is 11.3 Å². The van der Waals surface area contributed by atoms with Crippen LogP contribution in [0.3, 0.4) is 0 Å². The Kier molecular flexibility index (Phi) is 3.65. The molecule has 1 saturated carbocycles. The first-order valence-corrected chi connectivity index (χ1v) is 6.60. The third kappa shape index (κ3) is 2.21. The molecule has 1 aromatic rings. The second kappa shape index (κ2) is 5.10. The van der Waals surface area contributed by atoms with Crippen LogP contribution in [0.1, 0.15) is 31.9 Å². The van der Waals surface area contributed by atoms with Crippen molar-refractivity contribution in [1.82, 2.24) is 9.78 Å². The zero-order valence-corrected chi connectivity index (χ0v) is 11.5. The van der Waals surface area contributed by atoms with Crippen LogP contribution in [0.4, 0.5) is 11.5 Å². The molecule has 8 nitrogen and oxygen atoms in total. The Hall–Kier alpha value is -2.12. The molecule has 0 unspecified atom stereocenters. The van der Waals surface area contributed by atoms with E-state index in [4.69, 9.17) is 0 Å². The summed E-state index contributed by atoms with van der Waals surface area (Å²) in [5.74, 6) is -0.555. The monoisotopic (exact) mass is 282 g/mol. The number of nitrogens with zero attached hydrogens (tertiary/aromatic N) is 3. The Bertz CT molecular complexity index is 548. The largest absolute Gasteiger partial charge is 0.481 e. The predicted octanol–water partition coefficient (Wildman–Crippen LogP) is 1.79. The van der Waals surface area contributed by atoms with Gasteiger partial charge in [0.1, 0.15) is 5.69 Å². The molecule has 8 heteroatoms. The lowest BCUT2D eigenvalue weighted by Crippen LogP contribution is -2.44. The zero-order valence-electron chi connectivity index (χ0n) is 11.5. The number of nitro groups is 1. The van der Waals surface area contributed by atoms with Crippen molar-refractivity contribution in [2.75, 3.05) is 11.9 Å². The van der Waals surface area contributed by atoms with E-state index in [2.05, 4.69) is 10.4 Å². The van der Waals surface area contributed by atoms with Crippen LogP contribution in [0.25, 0.3) is 0 Å². The highest BCUT2D eigenvalue weighted by molar-refractivity contribution is 5.77. The SMILES string of the molecule is CCn1nc(C)c([N+](=O)[O-])c1NCC1(C(=O)O)CCC1. The molecule has 1 aromatic heterocycles. The number of nitrogens with one attached hydrogen (secondary N) is 1. The topological polar surface area (TPSA) is 110 Å². The molecule has 0 aromatic carbocycles. The van der Waals surface area contributed by atoms with Crippen molar-refractivity contribution >= 4 is 17.5 Å². The Labute approximate surface area is 115 Å². The van der Waals surface area contributed by atoms with Crippen LogP contribution >= 0.6 is 0 Å². The van der Waals surface area contributed by atoms with Gasteiger partial charge in [0.15, 0.2) is 0 Å². The fraction of sp³-hybridized carbons (Fsp3) is 0.667. The van der Waals surface area contributed by atoms with E-state index >= 15 is 0 Å². The van der Waals surface area contributed by atoms with Crippen LogP contribution in [0, 0.1) is 22.5 Å². The molecule has 0 amide bonds. The van der Waals surface area contributed by atoms with Gasteiger partial charge in [0.05, 0.1) is 10.3 Å². The van der Waals surface area contributed by atoms with Crippen molar-refractivity contribution in [1.29, 1.82) is 0 Å². The number of anilines is 1. The van der Waals surface area contributed by atoms with Gasteiger partial charge in [-0.15, -0.1) is 0 Å². The Morgan fingerprint density at radius 1 is 1.60 bits per heavy atom. The van der Waals surface area contributed by atoms with Crippen molar-refractivity contribution < 1.29 is 14.8 Å². The quantitative estimate of drug-likeness (QED) is 0.608. The number of hydrogen-bond acceptors (Lipinski definition) is 5. The number of carboxylic acids is 1. The van der Waals surface area contributed by atoms with E-state index in [-0.39, 0.29) is 12.2 Å². The molecule has 0 spiro atoms. The molecule has 0 saturated heterocycles.